The zero-order valence-electron chi connectivity index (χ0n) is 17.0. The molecule has 0 spiro atoms. The van der Waals surface area contributed by atoms with E-state index in [4.69, 9.17) is 0 Å². The molecule has 2 atom stereocenters. The van der Waals surface area contributed by atoms with Gasteiger partial charge in [0.1, 0.15) is 5.69 Å². The third-order valence-corrected chi connectivity index (χ3v) is 5.30. The highest BCUT2D eigenvalue weighted by atomic mass is 16.3. The highest BCUT2D eigenvalue weighted by Crippen LogP contribution is 2.32. The summed E-state index contributed by atoms with van der Waals surface area (Å²) in [5, 5.41) is 24.3. The summed E-state index contributed by atoms with van der Waals surface area (Å²) >= 11 is 0. The van der Waals surface area contributed by atoms with Crippen molar-refractivity contribution in [3.05, 3.63) is 83.8 Å². The molecular formula is C23H27N5O2. The predicted molar refractivity (Wildman–Crippen MR) is 116 cm³/mol. The number of aromatic nitrogens is 2. The molecule has 156 valence electrons. The number of fused-ring (bicyclic) bond motifs is 1. The average Bonchev–Trinajstić information content (AvgIpc) is 3.17. The number of hydrogen-bond donors (Lipinski definition) is 3. The summed E-state index contributed by atoms with van der Waals surface area (Å²) in [6.45, 7) is 3.10. The lowest BCUT2D eigenvalue weighted by Crippen LogP contribution is -2.50. The molecule has 0 bridgehead atoms. The van der Waals surface area contributed by atoms with Crippen LogP contribution in [0.25, 0.3) is 0 Å². The van der Waals surface area contributed by atoms with Crippen molar-refractivity contribution >= 4 is 11.8 Å². The predicted octanol–water partition coefficient (Wildman–Crippen LogP) is 2.44. The van der Waals surface area contributed by atoms with Crippen molar-refractivity contribution < 1.29 is 10.2 Å². The first-order valence-electron chi connectivity index (χ1n) is 10.2. The molecule has 2 heterocycles. The van der Waals surface area contributed by atoms with Crippen LogP contribution in [0.15, 0.2) is 72.0 Å². The molecule has 0 saturated heterocycles. The van der Waals surface area contributed by atoms with E-state index in [1.54, 1.807) is 11.2 Å². The van der Waals surface area contributed by atoms with Gasteiger partial charge in [-0.1, -0.05) is 60.7 Å². The maximum absolute atomic E-state index is 11.1. The van der Waals surface area contributed by atoms with Gasteiger partial charge in [-0.15, -0.1) is 0 Å². The van der Waals surface area contributed by atoms with Crippen LogP contribution in [0, 0.1) is 0 Å². The number of guanidine groups is 1. The zero-order chi connectivity index (χ0) is 20.9. The summed E-state index contributed by atoms with van der Waals surface area (Å²) in [6.07, 6.45) is 1.50. The molecule has 2 aromatic carbocycles. The van der Waals surface area contributed by atoms with Gasteiger partial charge in [-0.25, -0.2) is 4.98 Å². The summed E-state index contributed by atoms with van der Waals surface area (Å²) in [7, 11) is 0. The Morgan fingerprint density at radius 1 is 1.03 bits per heavy atom. The highest BCUT2D eigenvalue weighted by molar-refractivity contribution is 5.85. The Morgan fingerprint density at radius 3 is 2.33 bits per heavy atom. The molecule has 7 nitrogen and oxygen atoms in total. The van der Waals surface area contributed by atoms with Crippen LogP contribution in [0.2, 0.25) is 0 Å². The lowest BCUT2D eigenvalue weighted by Gasteiger charge is -2.35. The molecule has 0 saturated carbocycles. The third kappa shape index (κ3) is 4.22. The first kappa shape index (κ1) is 20.1. The number of imidazole rings is 1. The van der Waals surface area contributed by atoms with Crippen LogP contribution in [0.5, 0.6) is 0 Å². The first-order chi connectivity index (χ1) is 14.7. The Hall–Kier alpha value is -3.16. The lowest BCUT2D eigenvalue weighted by atomic mass is 10.1. The van der Waals surface area contributed by atoms with E-state index in [9.17, 15) is 10.2 Å². The van der Waals surface area contributed by atoms with Crippen LogP contribution in [0.4, 0.5) is 5.82 Å². The largest absolute Gasteiger partial charge is 0.394 e. The van der Waals surface area contributed by atoms with E-state index in [0.29, 0.717) is 37.0 Å². The fourth-order valence-electron chi connectivity index (χ4n) is 3.75. The molecule has 1 aliphatic heterocycles. The molecule has 0 fully saturated rings. The second kappa shape index (κ2) is 9.11. The summed E-state index contributed by atoms with van der Waals surface area (Å²) in [6, 6.07) is 19.8. The number of aliphatic hydroxyl groups excluding tert-OH is 2. The number of nitrogens with zero attached hydrogens (tertiary/aromatic N) is 4. The van der Waals surface area contributed by atoms with Gasteiger partial charge in [-0.05, 0) is 24.5 Å². The van der Waals surface area contributed by atoms with Crippen LogP contribution in [-0.2, 0) is 13.0 Å². The quantitative estimate of drug-likeness (QED) is 0.562. The number of aliphatic imine (C=N–C) groups is 1. The molecule has 0 aliphatic carbocycles. The second-order valence-electron chi connectivity index (χ2n) is 7.38. The minimum Gasteiger partial charge on any atom is -0.394 e. The van der Waals surface area contributed by atoms with Crippen molar-refractivity contribution in [3.8, 4) is 0 Å². The van der Waals surface area contributed by atoms with Gasteiger partial charge in [0.25, 0.3) is 0 Å². The van der Waals surface area contributed by atoms with E-state index in [1.807, 2.05) is 72.2 Å². The van der Waals surface area contributed by atoms with Gasteiger partial charge in [0.2, 0.25) is 5.96 Å². The minimum atomic E-state index is -0.868. The van der Waals surface area contributed by atoms with Gasteiger partial charge in [-0.2, -0.15) is 4.99 Å². The molecule has 1 aliphatic rings. The number of hydrogen-bond acceptors (Lipinski definition) is 6. The molecule has 0 radical (unpaired) electrons. The number of benzene rings is 2. The van der Waals surface area contributed by atoms with Gasteiger partial charge in [-0.3, -0.25) is 0 Å². The third-order valence-electron chi connectivity index (χ3n) is 5.30. The standard InChI is InChI=1S/C23H27N5O2/c1-2-28-22(30)20-21(24-16-27(20)14-18-11-7-4-8-12-18)26-23(28)25-19(15-29)13-17-9-5-3-6-10-17/h3-12,16,19,22,29-30H,2,13-15H2,1H3,(H,25,26)/t19-,22?/m1/s1. The maximum Gasteiger partial charge on any atom is 0.203 e. The average molecular weight is 406 g/mol. The topological polar surface area (TPSA) is 85.9 Å². The Bertz CT molecular complexity index is 987. The summed E-state index contributed by atoms with van der Waals surface area (Å²) in [5.74, 6) is 1.03. The smallest absolute Gasteiger partial charge is 0.203 e. The Kier molecular flexibility index (Phi) is 6.11. The van der Waals surface area contributed by atoms with Crippen molar-refractivity contribution in [1.29, 1.82) is 0 Å². The molecule has 1 aromatic heterocycles. The van der Waals surface area contributed by atoms with Gasteiger partial charge >= 0.3 is 0 Å². The normalized spacial score (nSPS) is 16.7. The molecule has 0 amide bonds. The van der Waals surface area contributed by atoms with Crippen LogP contribution < -0.4 is 5.32 Å². The molecule has 3 aromatic rings. The molecule has 3 N–H and O–H groups in total. The van der Waals surface area contributed by atoms with Gasteiger partial charge in [0.15, 0.2) is 12.0 Å². The van der Waals surface area contributed by atoms with E-state index in [1.165, 1.54) is 0 Å². The summed E-state index contributed by atoms with van der Waals surface area (Å²) < 4.78 is 1.94. The van der Waals surface area contributed by atoms with Crippen molar-refractivity contribution in [1.82, 2.24) is 19.8 Å². The lowest BCUT2D eigenvalue weighted by molar-refractivity contribution is 0.0431. The van der Waals surface area contributed by atoms with E-state index in [-0.39, 0.29) is 12.6 Å². The first-order valence-corrected chi connectivity index (χ1v) is 10.2. The van der Waals surface area contributed by atoms with E-state index in [0.717, 1.165) is 11.1 Å². The van der Waals surface area contributed by atoms with Gasteiger partial charge < -0.3 is 25.0 Å². The molecular weight excluding hydrogens is 378 g/mol. The molecule has 30 heavy (non-hydrogen) atoms. The fraction of sp³-hybridized carbons (Fsp3) is 0.304. The Morgan fingerprint density at radius 2 is 1.70 bits per heavy atom. The van der Waals surface area contributed by atoms with Gasteiger partial charge in [0.05, 0.1) is 19.0 Å². The summed E-state index contributed by atoms with van der Waals surface area (Å²) in [5.41, 5.74) is 2.93. The van der Waals surface area contributed by atoms with Crippen LogP contribution in [0.3, 0.4) is 0 Å². The van der Waals surface area contributed by atoms with E-state index >= 15 is 0 Å². The SMILES string of the molecule is CCN1C(N[C@@H](CO)Cc2ccccc2)=Nc2ncn(Cc3ccccc3)c2C1O. The van der Waals surface area contributed by atoms with Crippen molar-refractivity contribution in [2.45, 2.75) is 32.2 Å². The van der Waals surface area contributed by atoms with Crippen LogP contribution >= 0.6 is 0 Å². The Labute approximate surface area is 176 Å². The van der Waals surface area contributed by atoms with E-state index in [2.05, 4.69) is 15.3 Å². The molecule has 1 unspecified atom stereocenters. The molecule has 7 heteroatoms. The van der Waals surface area contributed by atoms with Crippen LogP contribution in [-0.4, -0.2) is 49.8 Å². The van der Waals surface area contributed by atoms with Crippen molar-refractivity contribution in [2.24, 2.45) is 4.99 Å². The van der Waals surface area contributed by atoms with Crippen LogP contribution in [0.1, 0.15) is 30.0 Å². The van der Waals surface area contributed by atoms with Gasteiger partial charge in [0, 0.05) is 13.1 Å². The summed E-state index contributed by atoms with van der Waals surface area (Å²) in [4.78, 5) is 10.9. The zero-order valence-corrected chi connectivity index (χ0v) is 17.0. The number of rotatable bonds is 7. The number of nitrogens with one attached hydrogen (secondary N) is 1. The van der Waals surface area contributed by atoms with Crippen molar-refractivity contribution in [2.75, 3.05) is 13.2 Å². The Balaban J connectivity index is 1.58. The monoisotopic (exact) mass is 405 g/mol. The van der Waals surface area contributed by atoms with E-state index < -0.39 is 6.23 Å². The minimum absolute atomic E-state index is 0.0448. The highest BCUT2D eigenvalue weighted by Gasteiger charge is 2.32. The maximum atomic E-state index is 11.1. The van der Waals surface area contributed by atoms with Crippen molar-refractivity contribution in [3.63, 3.8) is 0 Å². The number of aliphatic hydroxyl groups is 2. The second-order valence-corrected chi connectivity index (χ2v) is 7.38. The molecule has 4 rings (SSSR count). The fourth-order valence-corrected chi connectivity index (χ4v) is 3.75.